The molecule has 2 heterocycles. The van der Waals surface area contributed by atoms with Crippen LogP contribution in [0, 0.1) is 13.8 Å². The Balaban J connectivity index is 1.57. The molecule has 156 valence electrons. The fourth-order valence-electron chi connectivity index (χ4n) is 4.88. The van der Waals surface area contributed by atoms with Crippen LogP contribution in [-0.2, 0) is 4.79 Å². The molecule has 0 spiro atoms. The average molecular weight is 410 g/mol. The van der Waals surface area contributed by atoms with Crippen molar-refractivity contribution in [3.8, 4) is 0 Å². The second kappa shape index (κ2) is 7.69. The van der Waals surface area contributed by atoms with Gasteiger partial charge in [-0.15, -0.1) is 0 Å². The van der Waals surface area contributed by atoms with Crippen molar-refractivity contribution in [1.82, 2.24) is 9.55 Å². The third-order valence-corrected chi connectivity index (χ3v) is 6.30. The van der Waals surface area contributed by atoms with E-state index in [1.54, 1.807) is 0 Å². The first-order chi connectivity index (χ1) is 15.0. The lowest BCUT2D eigenvalue weighted by Crippen LogP contribution is -2.25. The van der Waals surface area contributed by atoms with Crippen LogP contribution in [0.15, 0.2) is 72.8 Å². The lowest BCUT2D eigenvalue weighted by atomic mass is 10.0. The van der Waals surface area contributed by atoms with Gasteiger partial charge < -0.3 is 9.47 Å². The van der Waals surface area contributed by atoms with Crippen LogP contribution < -0.4 is 4.90 Å². The normalized spacial score (nSPS) is 17.5. The van der Waals surface area contributed by atoms with Crippen molar-refractivity contribution in [3.63, 3.8) is 0 Å². The van der Waals surface area contributed by atoms with Gasteiger partial charge in [-0.2, -0.15) is 0 Å². The largest absolute Gasteiger partial charge is 0.320 e. The molecule has 4 heteroatoms. The van der Waals surface area contributed by atoms with Crippen molar-refractivity contribution in [1.29, 1.82) is 0 Å². The standard InChI is InChI=1S/C27H27N3O/c1-18-13-19(2)15-23(14-18)29-17-22(16-26(29)31)27-28-24-11-7-8-12-25(24)30(27)20(3)21-9-5-4-6-10-21/h4-15,20,22H,16-17H2,1-3H3/t20-,22+/m0/s1. The number of aromatic nitrogens is 2. The first-order valence-electron chi connectivity index (χ1n) is 10.9. The predicted octanol–water partition coefficient (Wildman–Crippen LogP) is 5.78. The van der Waals surface area contributed by atoms with Gasteiger partial charge in [-0.25, -0.2) is 4.98 Å². The number of aryl methyl sites for hydroxylation is 2. The Hall–Kier alpha value is -3.40. The number of anilines is 1. The van der Waals surface area contributed by atoms with Gasteiger partial charge in [0.1, 0.15) is 5.82 Å². The smallest absolute Gasteiger partial charge is 0.227 e. The average Bonchev–Trinajstić information content (AvgIpc) is 3.34. The van der Waals surface area contributed by atoms with Crippen LogP contribution in [-0.4, -0.2) is 22.0 Å². The molecule has 5 rings (SSSR count). The fourth-order valence-corrected chi connectivity index (χ4v) is 4.88. The summed E-state index contributed by atoms with van der Waals surface area (Å²) in [6, 6.07) is 25.3. The highest BCUT2D eigenvalue weighted by Crippen LogP contribution is 2.36. The number of nitrogens with zero attached hydrogens (tertiary/aromatic N) is 3. The molecule has 2 atom stereocenters. The summed E-state index contributed by atoms with van der Waals surface area (Å²) in [6.45, 7) is 7.03. The highest BCUT2D eigenvalue weighted by molar-refractivity contribution is 5.96. The monoisotopic (exact) mass is 409 g/mol. The second-order valence-electron chi connectivity index (χ2n) is 8.67. The van der Waals surface area contributed by atoms with Gasteiger partial charge in [0.2, 0.25) is 5.91 Å². The quantitative estimate of drug-likeness (QED) is 0.428. The maximum Gasteiger partial charge on any atom is 0.227 e. The number of carbonyl (C=O) groups excluding carboxylic acids is 1. The van der Waals surface area contributed by atoms with E-state index in [2.05, 4.69) is 86.0 Å². The van der Waals surface area contributed by atoms with Crippen LogP contribution in [0.5, 0.6) is 0 Å². The third-order valence-electron chi connectivity index (χ3n) is 6.30. The maximum atomic E-state index is 13.0. The molecule has 0 unspecified atom stereocenters. The molecule has 3 aromatic carbocycles. The van der Waals surface area contributed by atoms with Gasteiger partial charge in [-0.3, -0.25) is 4.79 Å². The van der Waals surface area contributed by atoms with Gasteiger partial charge in [0, 0.05) is 24.6 Å². The maximum absolute atomic E-state index is 13.0. The van der Waals surface area contributed by atoms with Crippen molar-refractivity contribution in [3.05, 3.63) is 95.3 Å². The van der Waals surface area contributed by atoms with Crippen LogP contribution in [0.1, 0.15) is 47.8 Å². The number of hydrogen-bond acceptors (Lipinski definition) is 2. The van der Waals surface area contributed by atoms with Gasteiger partial charge in [0.25, 0.3) is 0 Å². The highest BCUT2D eigenvalue weighted by Gasteiger charge is 2.35. The van der Waals surface area contributed by atoms with E-state index in [0.717, 1.165) is 22.5 Å². The summed E-state index contributed by atoms with van der Waals surface area (Å²) in [5.41, 5.74) is 6.68. The number of hydrogen-bond donors (Lipinski definition) is 0. The van der Waals surface area contributed by atoms with Crippen LogP contribution >= 0.6 is 0 Å². The summed E-state index contributed by atoms with van der Waals surface area (Å²) < 4.78 is 2.33. The molecule has 0 saturated carbocycles. The molecular weight excluding hydrogens is 382 g/mol. The van der Waals surface area contributed by atoms with E-state index in [1.165, 1.54) is 16.7 Å². The lowest BCUT2D eigenvalue weighted by molar-refractivity contribution is -0.117. The summed E-state index contributed by atoms with van der Waals surface area (Å²) in [5.74, 6) is 1.23. The van der Waals surface area contributed by atoms with Gasteiger partial charge in [-0.1, -0.05) is 48.5 Å². The van der Waals surface area contributed by atoms with E-state index in [-0.39, 0.29) is 17.9 Å². The molecule has 0 bridgehead atoms. The Kier molecular flexibility index (Phi) is 4.85. The lowest BCUT2D eigenvalue weighted by Gasteiger charge is -2.21. The molecule has 1 aliphatic heterocycles. The minimum atomic E-state index is 0.0619. The molecule has 1 aliphatic rings. The fraction of sp³-hybridized carbons (Fsp3) is 0.259. The van der Waals surface area contributed by atoms with E-state index in [0.29, 0.717) is 13.0 Å². The summed E-state index contributed by atoms with van der Waals surface area (Å²) in [7, 11) is 0. The van der Waals surface area contributed by atoms with Crippen molar-refractivity contribution < 1.29 is 4.79 Å². The van der Waals surface area contributed by atoms with Gasteiger partial charge in [0.15, 0.2) is 0 Å². The van der Waals surface area contributed by atoms with Crippen LogP contribution in [0.2, 0.25) is 0 Å². The van der Waals surface area contributed by atoms with Crippen LogP contribution in [0.3, 0.4) is 0 Å². The first-order valence-corrected chi connectivity index (χ1v) is 10.9. The minimum Gasteiger partial charge on any atom is -0.320 e. The zero-order chi connectivity index (χ0) is 21.5. The zero-order valence-electron chi connectivity index (χ0n) is 18.2. The van der Waals surface area contributed by atoms with E-state index in [4.69, 9.17) is 4.98 Å². The van der Waals surface area contributed by atoms with Crippen LogP contribution in [0.25, 0.3) is 11.0 Å². The molecule has 1 fully saturated rings. The summed E-state index contributed by atoms with van der Waals surface area (Å²) in [6.07, 6.45) is 0.484. The second-order valence-corrected chi connectivity index (χ2v) is 8.67. The SMILES string of the molecule is Cc1cc(C)cc(N2C[C@H](c3nc4ccccc4n3[C@@H](C)c3ccccc3)CC2=O)c1. The van der Waals surface area contributed by atoms with E-state index in [1.807, 2.05) is 17.0 Å². The molecule has 1 amide bonds. The highest BCUT2D eigenvalue weighted by atomic mass is 16.2. The van der Waals surface area contributed by atoms with Crippen molar-refractivity contribution in [2.45, 2.75) is 39.2 Å². The molecule has 0 N–H and O–H groups in total. The number of fused-ring (bicyclic) bond motifs is 1. The Morgan fingerprint density at radius 3 is 2.35 bits per heavy atom. The third kappa shape index (κ3) is 3.52. The van der Waals surface area contributed by atoms with E-state index >= 15 is 0 Å². The number of para-hydroxylation sites is 2. The minimum absolute atomic E-state index is 0.0619. The molecule has 0 radical (unpaired) electrons. The molecule has 31 heavy (non-hydrogen) atoms. The number of imidazole rings is 1. The Labute approximate surface area is 183 Å². The topological polar surface area (TPSA) is 38.1 Å². The molecule has 1 aromatic heterocycles. The first kappa shape index (κ1) is 19.6. The van der Waals surface area contributed by atoms with Crippen molar-refractivity contribution in [2.24, 2.45) is 0 Å². The molecular formula is C27H27N3O. The molecule has 4 nitrogen and oxygen atoms in total. The number of benzene rings is 3. The molecule has 1 saturated heterocycles. The summed E-state index contributed by atoms with van der Waals surface area (Å²) in [4.78, 5) is 20.0. The summed E-state index contributed by atoms with van der Waals surface area (Å²) >= 11 is 0. The number of carbonyl (C=O) groups is 1. The van der Waals surface area contributed by atoms with Gasteiger partial charge in [-0.05, 0) is 61.7 Å². The number of rotatable bonds is 4. The summed E-state index contributed by atoms with van der Waals surface area (Å²) in [5, 5.41) is 0. The predicted molar refractivity (Wildman–Crippen MR) is 126 cm³/mol. The molecule has 0 aliphatic carbocycles. The Morgan fingerprint density at radius 2 is 1.61 bits per heavy atom. The van der Waals surface area contributed by atoms with Crippen LogP contribution in [0.4, 0.5) is 5.69 Å². The number of amides is 1. The Morgan fingerprint density at radius 1 is 0.935 bits per heavy atom. The molecule has 4 aromatic rings. The Bertz CT molecular complexity index is 1240. The van der Waals surface area contributed by atoms with Gasteiger partial charge in [0.05, 0.1) is 17.1 Å². The van der Waals surface area contributed by atoms with Crippen molar-refractivity contribution >= 4 is 22.6 Å². The van der Waals surface area contributed by atoms with Crippen molar-refractivity contribution in [2.75, 3.05) is 11.4 Å². The van der Waals surface area contributed by atoms with E-state index in [9.17, 15) is 4.79 Å². The zero-order valence-corrected chi connectivity index (χ0v) is 18.2. The van der Waals surface area contributed by atoms with Gasteiger partial charge >= 0.3 is 0 Å². The van der Waals surface area contributed by atoms with E-state index < -0.39 is 0 Å².